The van der Waals surface area contributed by atoms with Gasteiger partial charge in [0.15, 0.2) is 0 Å². The second-order valence-electron chi connectivity index (χ2n) is 5.93. The van der Waals surface area contributed by atoms with Crippen LogP contribution in [-0.4, -0.2) is 22.4 Å². The number of nitrogens with zero attached hydrogens (tertiary/aromatic N) is 2. The Morgan fingerprint density at radius 2 is 2.00 bits per heavy atom. The first kappa shape index (κ1) is 16.0. The molecular weight excluding hydrogens is 314 g/mol. The maximum Gasteiger partial charge on any atom is 0.0738 e. The summed E-state index contributed by atoms with van der Waals surface area (Å²) in [5.74, 6) is 0.746. The first-order valence-corrected chi connectivity index (χ1v) is 8.91. The van der Waals surface area contributed by atoms with Gasteiger partial charge in [-0.3, -0.25) is 4.68 Å². The lowest BCUT2D eigenvalue weighted by molar-refractivity contribution is 0.330. The maximum absolute atomic E-state index is 4.64. The third-order valence-electron chi connectivity index (χ3n) is 4.53. The highest BCUT2D eigenvalue weighted by molar-refractivity contribution is 9.10. The molecular formula is C16H28BrN3. The monoisotopic (exact) mass is 341 g/mol. The van der Waals surface area contributed by atoms with Crippen LogP contribution in [-0.2, 0) is 13.0 Å². The number of halogens is 1. The van der Waals surface area contributed by atoms with Crippen LogP contribution in [0.25, 0.3) is 0 Å². The van der Waals surface area contributed by atoms with Gasteiger partial charge in [-0.2, -0.15) is 5.10 Å². The second-order valence-corrected chi connectivity index (χ2v) is 6.72. The average molecular weight is 342 g/mol. The summed E-state index contributed by atoms with van der Waals surface area (Å²) in [6.45, 7) is 8.53. The molecule has 0 spiro atoms. The van der Waals surface area contributed by atoms with E-state index in [4.69, 9.17) is 0 Å². The highest BCUT2D eigenvalue weighted by atomic mass is 79.9. The molecule has 2 atom stereocenters. The highest BCUT2D eigenvalue weighted by Gasteiger charge is 2.25. The fraction of sp³-hybridized carbons (Fsp3) is 0.812. The zero-order chi connectivity index (χ0) is 14.5. The Morgan fingerprint density at radius 1 is 1.25 bits per heavy atom. The van der Waals surface area contributed by atoms with E-state index in [0.29, 0.717) is 6.04 Å². The van der Waals surface area contributed by atoms with Crippen LogP contribution in [0, 0.1) is 12.8 Å². The summed E-state index contributed by atoms with van der Waals surface area (Å²) >= 11 is 3.74. The molecule has 20 heavy (non-hydrogen) atoms. The van der Waals surface area contributed by atoms with Gasteiger partial charge in [0.25, 0.3) is 0 Å². The molecule has 1 fully saturated rings. The van der Waals surface area contributed by atoms with E-state index in [1.54, 1.807) is 0 Å². The Bertz CT molecular complexity index is 428. The van der Waals surface area contributed by atoms with Gasteiger partial charge in [-0.25, -0.2) is 0 Å². The molecule has 0 aliphatic heterocycles. The van der Waals surface area contributed by atoms with Crippen molar-refractivity contribution in [2.24, 2.45) is 5.92 Å². The molecule has 1 aliphatic carbocycles. The van der Waals surface area contributed by atoms with Crippen molar-refractivity contribution in [2.45, 2.75) is 71.9 Å². The van der Waals surface area contributed by atoms with Crippen LogP contribution < -0.4 is 5.32 Å². The third-order valence-corrected chi connectivity index (χ3v) is 5.57. The molecule has 2 rings (SSSR count). The molecule has 1 aromatic heterocycles. The maximum atomic E-state index is 4.64. The quantitative estimate of drug-likeness (QED) is 0.818. The minimum atomic E-state index is 0.676. The van der Waals surface area contributed by atoms with Gasteiger partial charge in [-0.15, -0.1) is 0 Å². The second kappa shape index (κ2) is 7.60. The Hall–Kier alpha value is -0.350. The van der Waals surface area contributed by atoms with E-state index in [-0.39, 0.29) is 0 Å². The van der Waals surface area contributed by atoms with Crippen LogP contribution in [0.15, 0.2) is 4.47 Å². The van der Waals surface area contributed by atoms with Crippen molar-refractivity contribution in [1.82, 2.24) is 15.1 Å². The Balaban J connectivity index is 2.17. The van der Waals surface area contributed by atoms with Crippen LogP contribution in [0.5, 0.6) is 0 Å². The molecule has 1 saturated carbocycles. The number of hydrogen-bond donors (Lipinski definition) is 1. The van der Waals surface area contributed by atoms with Gasteiger partial charge in [0.2, 0.25) is 0 Å². The molecule has 0 saturated heterocycles. The van der Waals surface area contributed by atoms with Gasteiger partial charge in [0.1, 0.15) is 0 Å². The molecule has 0 amide bonds. The van der Waals surface area contributed by atoms with Crippen LogP contribution in [0.3, 0.4) is 0 Å². The zero-order valence-corrected chi connectivity index (χ0v) is 14.7. The molecule has 1 N–H and O–H groups in total. The number of hydrogen-bond acceptors (Lipinski definition) is 2. The largest absolute Gasteiger partial charge is 0.314 e. The predicted octanol–water partition coefficient (Wildman–Crippen LogP) is 4.07. The Labute approximate surface area is 131 Å². The summed E-state index contributed by atoms with van der Waals surface area (Å²) in [4.78, 5) is 0. The van der Waals surface area contributed by atoms with Crippen molar-refractivity contribution in [3.05, 3.63) is 15.9 Å². The van der Waals surface area contributed by atoms with Crippen molar-refractivity contribution >= 4 is 15.9 Å². The summed E-state index contributed by atoms with van der Waals surface area (Å²) in [6, 6.07) is 0.676. The first-order chi connectivity index (χ1) is 9.67. The molecule has 0 bridgehead atoms. The third kappa shape index (κ3) is 3.64. The topological polar surface area (TPSA) is 29.9 Å². The van der Waals surface area contributed by atoms with E-state index in [1.807, 2.05) is 0 Å². The lowest BCUT2D eigenvalue weighted by Gasteiger charge is -2.26. The molecule has 2 unspecified atom stereocenters. The Kier molecular flexibility index (Phi) is 6.09. The molecule has 0 radical (unpaired) electrons. The van der Waals surface area contributed by atoms with Gasteiger partial charge in [0, 0.05) is 12.6 Å². The van der Waals surface area contributed by atoms with Crippen molar-refractivity contribution in [3.63, 3.8) is 0 Å². The van der Waals surface area contributed by atoms with Crippen LogP contribution >= 0.6 is 15.9 Å². The van der Waals surface area contributed by atoms with Crippen molar-refractivity contribution in [1.29, 1.82) is 0 Å². The van der Waals surface area contributed by atoms with E-state index in [1.165, 1.54) is 42.3 Å². The standard InChI is InChI=1S/C16H28BrN3/c1-4-18-14-10-8-6-7-9-13(14)11-15-16(17)12(3)19-20(15)5-2/h13-14,18H,4-11H2,1-3H3. The van der Waals surface area contributed by atoms with Crippen molar-refractivity contribution < 1.29 is 0 Å². The number of nitrogens with one attached hydrogen (secondary N) is 1. The smallest absolute Gasteiger partial charge is 0.0738 e. The molecule has 1 aliphatic rings. The molecule has 3 nitrogen and oxygen atoms in total. The van der Waals surface area contributed by atoms with Crippen LogP contribution in [0.1, 0.15) is 57.3 Å². The lowest BCUT2D eigenvalue weighted by Crippen LogP contribution is -2.36. The first-order valence-electron chi connectivity index (χ1n) is 8.12. The Morgan fingerprint density at radius 3 is 2.70 bits per heavy atom. The number of aromatic nitrogens is 2. The normalized spacial score (nSPS) is 23.8. The fourth-order valence-corrected chi connectivity index (χ4v) is 3.92. The minimum Gasteiger partial charge on any atom is -0.314 e. The van der Waals surface area contributed by atoms with E-state index in [9.17, 15) is 0 Å². The fourth-order valence-electron chi connectivity index (χ4n) is 3.47. The molecule has 1 heterocycles. The zero-order valence-electron chi connectivity index (χ0n) is 13.1. The van der Waals surface area contributed by atoms with Crippen LogP contribution in [0.4, 0.5) is 0 Å². The van der Waals surface area contributed by atoms with Gasteiger partial charge in [-0.1, -0.05) is 26.2 Å². The predicted molar refractivity (Wildman–Crippen MR) is 88.1 cm³/mol. The van der Waals surface area contributed by atoms with E-state index < -0.39 is 0 Å². The van der Waals surface area contributed by atoms with Gasteiger partial charge in [0.05, 0.1) is 15.9 Å². The summed E-state index contributed by atoms with van der Waals surface area (Å²) in [5.41, 5.74) is 2.51. The summed E-state index contributed by atoms with van der Waals surface area (Å²) in [7, 11) is 0. The molecule has 4 heteroatoms. The van der Waals surface area contributed by atoms with E-state index in [2.05, 4.69) is 51.8 Å². The number of aryl methyl sites for hydroxylation is 2. The summed E-state index contributed by atoms with van der Waals surface area (Å²) in [5, 5.41) is 8.35. The van der Waals surface area contributed by atoms with Crippen LogP contribution in [0.2, 0.25) is 0 Å². The lowest BCUT2D eigenvalue weighted by atomic mass is 9.90. The van der Waals surface area contributed by atoms with Crippen molar-refractivity contribution in [3.8, 4) is 0 Å². The summed E-state index contributed by atoms with van der Waals surface area (Å²) < 4.78 is 3.40. The molecule has 114 valence electrons. The molecule has 1 aromatic rings. The van der Waals surface area contributed by atoms with Gasteiger partial charge in [-0.05, 0) is 61.5 Å². The van der Waals surface area contributed by atoms with Crippen molar-refractivity contribution in [2.75, 3.05) is 6.54 Å². The summed E-state index contributed by atoms with van der Waals surface area (Å²) in [6.07, 6.45) is 7.97. The van der Waals surface area contributed by atoms with E-state index >= 15 is 0 Å². The average Bonchev–Trinajstić information content (AvgIpc) is 2.62. The van der Waals surface area contributed by atoms with Gasteiger partial charge < -0.3 is 5.32 Å². The SMILES string of the molecule is CCNC1CCCCCC1Cc1c(Br)c(C)nn1CC. The van der Waals surface area contributed by atoms with Gasteiger partial charge >= 0.3 is 0 Å². The number of rotatable bonds is 5. The molecule has 0 aromatic carbocycles. The minimum absolute atomic E-state index is 0.676. The highest BCUT2D eigenvalue weighted by Crippen LogP contribution is 2.30. The van der Waals surface area contributed by atoms with E-state index in [0.717, 1.165) is 31.1 Å².